The summed E-state index contributed by atoms with van der Waals surface area (Å²) in [6, 6.07) is 14.6. The van der Waals surface area contributed by atoms with Crippen molar-refractivity contribution in [1.29, 1.82) is 0 Å². The first-order valence-electron chi connectivity index (χ1n) is 12.7. The normalized spacial score (nSPS) is 16.5. The molecule has 1 N–H and O–H groups in total. The fourth-order valence-electron chi connectivity index (χ4n) is 4.87. The van der Waals surface area contributed by atoms with Gasteiger partial charge in [0.15, 0.2) is 6.04 Å². The number of para-hydroxylation sites is 1. The quantitative estimate of drug-likeness (QED) is 0.137. The molecule has 0 spiro atoms. The Hall–Kier alpha value is -4.79. The van der Waals surface area contributed by atoms with E-state index in [0.29, 0.717) is 26.9 Å². The minimum atomic E-state index is -5.53. The van der Waals surface area contributed by atoms with E-state index >= 15 is 0 Å². The van der Waals surface area contributed by atoms with Crippen LogP contribution in [0, 0.1) is 0 Å². The van der Waals surface area contributed by atoms with E-state index in [1.807, 2.05) is 0 Å². The number of benzene rings is 3. The van der Waals surface area contributed by atoms with E-state index in [4.69, 9.17) is 0 Å². The number of carbonyl (C=O) groups is 3. The first kappa shape index (κ1) is 30.7. The van der Waals surface area contributed by atoms with Gasteiger partial charge in [0.05, 0.1) is 11.2 Å². The lowest BCUT2D eigenvalue weighted by Gasteiger charge is -2.28. The number of aromatic hydroxyl groups is 1. The van der Waals surface area contributed by atoms with Crippen molar-refractivity contribution in [2.75, 3.05) is 4.90 Å². The van der Waals surface area contributed by atoms with Gasteiger partial charge < -0.3 is 9.94 Å². The summed E-state index contributed by atoms with van der Waals surface area (Å²) in [6.07, 6.45) is -4.22. The minimum Gasteiger partial charge on any atom is -0.508 e. The van der Waals surface area contributed by atoms with Gasteiger partial charge in [0, 0.05) is 22.4 Å². The van der Waals surface area contributed by atoms with Crippen molar-refractivity contribution in [2.24, 2.45) is 0 Å². The van der Waals surface area contributed by atoms with Crippen LogP contribution >= 0.6 is 11.8 Å². The number of carbonyl (C=O) groups excluding carboxylic acids is 3. The summed E-state index contributed by atoms with van der Waals surface area (Å²) in [5.41, 5.74) is -3.54. The van der Waals surface area contributed by atoms with Crippen molar-refractivity contribution in [3.63, 3.8) is 0 Å². The van der Waals surface area contributed by atoms with Crippen LogP contribution in [0.1, 0.15) is 17.0 Å². The number of rotatable bonds is 7. The fourth-order valence-corrected chi connectivity index (χ4v) is 5.41. The van der Waals surface area contributed by atoms with Gasteiger partial charge in [-0.1, -0.05) is 30.3 Å². The summed E-state index contributed by atoms with van der Waals surface area (Å²) in [5.74, 6) is -5.07. The van der Waals surface area contributed by atoms with Gasteiger partial charge in [-0.15, -0.1) is 5.06 Å². The number of fused-ring (bicyclic) bond motifs is 1. The Labute approximate surface area is 248 Å². The number of hydroxylamine groups is 2. The summed E-state index contributed by atoms with van der Waals surface area (Å²) in [4.78, 5) is 48.5. The molecule has 0 saturated carbocycles. The Kier molecular flexibility index (Phi) is 8.16. The van der Waals surface area contributed by atoms with Crippen molar-refractivity contribution in [3.8, 4) is 5.75 Å². The summed E-state index contributed by atoms with van der Waals surface area (Å²) in [5, 5.41) is 10.3. The summed E-state index contributed by atoms with van der Waals surface area (Å²) in [6.45, 7) is 0. The summed E-state index contributed by atoms with van der Waals surface area (Å²) in [7, 11) is 0. The van der Waals surface area contributed by atoms with Crippen molar-refractivity contribution >= 4 is 46.3 Å². The number of thioether (sulfide) groups is 1. The SMILES string of the molecule is O=C1[C@@H]([C@H](Cc2ccc(O)cc2)c2ccnc3ccccc23)N(OC(=O)C(F)(F)F)C(=O)N1c1ccc(SC(F)(F)F)cc1. The molecule has 44 heavy (non-hydrogen) atoms. The molecule has 15 heteroatoms. The van der Waals surface area contributed by atoms with Gasteiger partial charge in [0.2, 0.25) is 0 Å². The predicted octanol–water partition coefficient (Wildman–Crippen LogP) is 6.74. The third kappa shape index (κ3) is 6.41. The Bertz CT molecular complexity index is 1710. The highest BCUT2D eigenvalue weighted by Gasteiger charge is 2.55. The van der Waals surface area contributed by atoms with Crippen LogP contribution in [0.15, 0.2) is 90.0 Å². The maximum atomic E-state index is 14.0. The second kappa shape index (κ2) is 11.7. The molecule has 0 bridgehead atoms. The van der Waals surface area contributed by atoms with Crippen molar-refractivity contribution in [1.82, 2.24) is 10.0 Å². The van der Waals surface area contributed by atoms with Crippen LogP contribution in [0.3, 0.4) is 0 Å². The van der Waals surface area contributed by atoms with E-state index in [-0.39, 0.29) is 27.8 Å². The molecule has 3 aromatic carbocycles. The maximum absolute atomic E-state index is 14.0. The lowest BCUT2D eigenvalue weighted by molar-refractivity contribution is -0.231. The van der Waals surface area contributed by atoms with Gasteiger partial charge in [-0.05, 0) is 77.8 Å². The molecule has 1 saturated heterocycles. The molecule has 228 valence electrons. The average molecular weight is 636 g/mol. The van der Waals surface area contributed by atoms with E-state index in [9.17, 15) is 45.8 Å². The highest BCUT2D eigenvalue weighted by atomic mass is 32.2. The van der Waals surface area contributed by atoms with Gasteiger partial charge in [0.1, 0.15) is 5.75 Å². The molecular formula is C29H19F6N3O5S. The van der Waals surface area contributed by atoms with E-state index < -0.39 is 53.3 Å². The number of halogens is 6. The van der Waals surface area contributed by atoms with Crippen molar-refractivity contribution in [3.05, 3.63) is 96.2 Å². The monoisotopic (exact) mass is 635 g/mol. The Morgan fingerprint density at radius 1 is 0.932 bits per heavy atom. The Morgan fingerprint density at radius 2 is 1.59 bits per heavy atom. The first-order chi connectivity index (χ1) is 20.7. The number of anilines is 1. The molecule has 1 aliphatic heterocycles. The number of phenolic OH excluding ortho intramolecular Hbond substituents is 1. The Balaban J connectivity index is 1.64. The minimum absolute atomic E-state index is 0.0524. The van der Waals surface area contributed by atoms with Gasteiger partial charge >= 0.3 is 23.7 Å². The molecule has 3 amide bonds. The zero-order chi connectivity index (χ0) is 31.8. The molecule has 8 nitrogen and oxygen atoms in total. The van der Waals surface area contributed by atoms with E-state index in [1.165, 1.54) is 36.5 Å². The molecule has 0 radical (unpaired) electrons. The highest BCUT2D eigenvalue weighted by molar-refractivity contribution is 8.00. The lowest BCUT2D eigenvalue weighted by Crippen LogP contribution is -2.44. The summed E-state index contributed by atoms with van der Waals surface area (Å²) < 4.78 is 78.5. The van der Waals surface area contributed by atoms with Gasteiger partial charge in [0.25, 0.3) is 5.91 Å². The van der Waals surface area contributed by atoms with Crippen molar-refractivity contribution in [2.45, 2.75) is 35.0 Å². The molecule has 1 aromatic heterocycles. The van der Waals surface area contributed by atoms with E-state index in [1.54, 1.807) is 24.3 Å². The molecule has 0 aliphatic carbocycles. The number of pyridine rings is 1. The van der Waals surface area contributed by atoms with Crippen LogP contribution in [0.5, 0.6) is 5.75 Å². The van der Waals surface area contributed by atoms with Crippen LogP contribution in [0.4, 0.5) is 36.8 Å². The van der Waals surface area contributed by atoms with E-state index in [0.717, 1.165) is 24.3 Å². The molecule has 5 rings (SSSR count). The predicted molar refractivity (Wildman–Crippen MR) is 145 cm³/mol. The largest absolute Gasteiger partial charge is 0.508 e. The van der Waals surface area contributed by atoms with Gasteiger partial charge in [-0.2, -0.15) is 26.3 Å². The molecule has 1 aliphatic rings. The molecule has 1 fully saturated rings. The zero-order valence-electron chi connectivity index (χ0n) is 22.0. The van der Waals surface area contributed by atoms with E-state index in [2.05, 4.69) is 9.82 Å². The third-order valence-corrected chi connectivity index (χ3v) is 7.44. The number of imide groups is 1. The third-order valence-electron chi connectivity index (χ3n) is 6.70. The van der Waals surface area contributed by atoms with Crippen LogP contribution in [0.2, 0.25) is 0 Å². The fraction of sp³-hybridized carbons (Fsp3) is 0.172. The topological polar surface area (TPSA) is 100 Å². The molecular weight excluding hydrogens is 616 g/mol. The number of nitrogens with zero attached hydrogens (tertiary/aromatic N) is 3. The van der Waals surface area contributed by atoms with Crippen LogP contribution in [0.25, 0.3) is 10.9 Å². The number of phenols is 1. The van der Waals surface area contributed by atoms with Crippen LogP contribution in [-0.4, -0.2) is 50.8 Å². The molecule has 2 heterocycles. The van der Waals surface area contributed by atoms with Crippen LogP contribution in [-0.2, 0) is 20.8 Å². The number of hydrogen-bond acceptors (Lipinski definition) is 7. The number of hydrogen-bond donors (Lipinski definition) is 1. The number of urea groups is 1. The standard InChI is InChI=1S/C29H19F6N3O5S/c30-28(31,32)26(41)43-38-24(25(40)37(27(38)42)17-7-11-19(12-8-17)44-29(33,34)35)22(15-16-5-9-18(39)10-6-16)20-13-14-36-23-4-2-1-3-21(20)23/h1-14,22,24,39H,15H2/t22-,24-/m1/s1. The molecule has 0 unspecified atom stereocenters. The smallest absolute Gasteiger partial charge is 0.493 e. The number of aromatic nitrogens is 1. The second-order valence-corrected chi connectivity index (χ2v) is 10.7. The average Bonchev–Trinajstić information content (AvgIpc) is 3.20. The maximum Gasteiger partial charge on any atom is 0.493 e. The van der Waals surface area contributed by atoms with Gasteiger partial charge in [-0.25, -0.2) is 14.5 Å². The summed E-state index contributed by atoms with van der Waals surface area (Å²) >= 11 is -0.446. The Morgan fingerprint density at radius 3 is 2.23 bits per heavy atom. The molecule has 2 atom stereocenters. The number of alkyl halides is 6. The highest BCUT2D eigenvalue weighted by Crippen LogP contribution is 2.41. The second-order valence-electron chi connectivity index (χ2n) is 9.54. The number of amides is 3. The molecule has 4 aromatic rings. The zero-order valence-corrected chi connectivity index (χ0v) is 22.9. The lowest BCUT2D eigenvalue weighted by atomic mass is 9.84. The first-order valence-corrected chi connectivity index (χ1v) is 13.5. The van der Waals surface area contributed by atoms with Gasteiger partial charge in [-0.3, -0.25) is 9.78 Å². The van der Waals surface area contributed by atoms with Crippen molar-refractivity contribution < 1.29 is 50.7 Å². The van der Waals surface area contributed by atoms with Crippen LogP contribution < -0.4 is 4.90 Å².